The molecular formula is C23H22N6O2. The second-order valence-electron chi connectivity index (χ2n) is 8.32. The summed E-state index contributed by atoms with van der Waals surface area (Å²) >= 11 is 0. The number of carbonyl (C=O) groups is 1. The molecule has 0 saturated carbocycles. The number of piperidine rings is 1. The fourth-order valence-electron chi connectivity index (χ4n) is 4.69. The molecule has 2 saturated heterocycles. The Labute approximate surface area is 179 Å². The van der Waals surface area contributed by atoms with Gasteiger partial charge < -0.3 is 14.2 Å². The molecular weight excluding hydrogens is 392 g/mol. The number of likely N-dealkylation sites (tertiary alicyclic amines) is 1. The Morgan fingerprint density at radius 2 is 1.94 bits per heavy atom. The lowest BCUT2D eigenvalue weighted by atomic mass is 9.82. The zero-order chi connectivity index (χ0) is 20.9. The van der Waals surface area contributed by atoms with Crippen LogP contribution in [0.3, 0.4) is 0 Å². The summed E-state index contributed by atoms with van der Waals surface area (Å²) in [5.41, 5.74) is 4.02. The minimum Gasteiger partial charge on any atom is -0.423 e. The first kappa shape index (κ1) is 18.1. The van der Waals surface area contributed by atoms with E-state index in [-0.39, 0.29) is 11.9 Å². The highest BCUT2D eigenvalue weighted by Crippen LogP contribution is 2.37. The van der Waals surface area contributed by atoms with Crippen LogP contribution in [-0.4, -0.2) is 56.5 Å². The van der Waals surface area contributed by atoms with E-state index in [1.54, 1.807) is 12.4 Å². The predicted molar refractivity (Wildman–Crippen MR) is 115 cm³/mol. The SMILES string of the molecule is Cc1ccc(-n2nccn2)c(C(=O)N2CC[C@H]3CN(c4nc5ccccc5o4)[C@H]3C2)c1. The second kappa shape index (κ2) is 6.94. The normalized spacial score (nSPS) is 20.5. The van der Waals surface area contributed by atoms with Crippen LogP contribution in [0.1, 0.15) is 22.3 Å². The van der Waals surface area contributed by atoms with Gasteiger partial charge in [-0.05, 0) is 37.6 Å². The Morgan fingerprint density at radius 3 is 2.77 bits per heavy atom. The van der Waals surface area contributed by atoms with E-state index < -0.39 is 0 Å². The molecule has 4 heterocycles. The van der Waals surface area contributed by atoms with Gasteiger partial charge in [-0.25, -0.2) is 0 Å². The Bertz CT molecular complexity index is 1230. The van der Waals surface area contributed by atoms with E-state index >= 15 is 0 Å². The molecule has 1 amide bonds. The van der Waals surface area contributed by atoms with Crippen molar-refractivity contribution in [3.63, 3.8) is 0 Å². The van der Waals surface area contributed by atoms with E-state index in [1.165, 1.54) is 4.80 Å². The minimum absolute atomic E-state index is 0.0128. The molecule has 156 valence electrons. The number of oxazole rings is 1. The lowest BCUT2D eigenvalue weighted by Crippen LogP contribution is -2.65. The zero-order valence-electron chi connectivity index (χ0n) is 17.2. The van der Waals surface area contributed by atoms with Crippen molar-refractivity contribution in [2.75, 3.05) is 24.5 Å². The molecule has 0 radical (unpaired) electrons. The van der Waals surface area contributed by atoms with E-state index in [1.807, 2.05) is 54.3 Å². The van der Waals surface area contributed by atoms with Crippen molar-refractivity contribution >= 4 is 23.0 Å². The van der Waals surface area contributed by atoms with Gasteiger partial charge in [0, 0.05) is 25.6 Å². The van der Waals surface area contributed by atoms with Crippen LogP contribution in [0, 0.1) is 12.8 Å². The molecule has 6 rings (SSSR count). The van der Waals surface area contributed by atoms with Gasteiger partial charge in [0.15, 0.2) is 5.58 Å². The minimum atomic E-state index is 0.0128. The highest BCUT2D eigenvalue weighted by atomic mass is 16.4. The van der Waals surface area contributed by atoms with Gasteiger partial charge in [0.05, 0.1) is 29.7 Å². The Morgan fingerprint density at radius 1 is 1.10 bits per heavy atom. The summed E-state index contributed by atoms with van der Waals surface area (Å²) in [6.07, 6.45) is 4.21. The number of rotatable bonds is 3. The summed E-state index contributed by atoms with van der Waals surface area (Å²) in [6.45, 7) is 4.32. The fraction of sp³-hybridized carbons (Fsp3) is 0.304. The number of anilines is 1. The van der Waals surface area contributed by atoms with Crippen LogP contribution in [-0.2, 0) is 0 Å². The molecule has 0 N–H and O–H groups in total. The summed E-state index contributed by atoms with van der Waals surface area (Å²) < 4.78 is 5.98. The molecule has 2 aliphatic heterocycles. The van der Waals surface area contributed by atoms with Gasteiger partial charge >= 0.3 is 0 Å². The number of para-hydroxylation sites is 2. The van der Waals surface area contributed by atoms with Crippen molar-refractivity contribution in [2.45, 2.75) is 19.4 Å². The predicted octanol–water partition coefficient (Wildman–Crippen LogP) is 3.07. The van der Waals surface area contributed by atoms with E-state index in [2.05, 4.69) is 20.1 Å². The molecule has 2 aliphatic rings. The Hall–Kier alpha value is -3.68. The van der Waals surface area contributed by atoms with Crippen molar-refractivity contribution in [1.29, 1.82) is 0 Å². The number of hydrogen-bond acceptors (Lipinski definition) is 6. The molecule has 31 heavy (non-hydrogen) atoms. The van der Waals surface area contributed by atoms with Crippen LogP contribution in [0.2, 0.25) is 0 Å². The van der Waals surface area contributed by atoms with Crippen LogP contribution < -0.4 is 4.90 Å². The van der Waals surface area contributed by atoms with E-state index in [0.29, 0.717) is 29.7 Å². The van der Waals surface area contributed by atoms with Gasteiger partial charge in [-0.3, -0.25) is 4.79 Å². The van der Waals surface area contributed by atoms with Crippen LogP contribution in [0.5, 0.6) is 0 Å². The van der Waals surface area contributed by atoms with Gasteiger partial charge in [0.25, 0.3) is 11.9 Å². The third-order valence-corrected chi connectivity index (χ3v) is 6.39. The quantitative estimate of drug-likeness (QED) is 0.513. The third kappa shape index (κ3) is 2.98. The molecule has 0 spiro atoms. The zero-order valence-corrected chi connectivity index (χ0v) is 17.2. The van der Waals surface area contributed by atoms with Crippen molar-refractivity contribution in [2.24, 2.45) is 5.92 Å². The van der Waals surface area contributed by atoms with Crippen molar-refractivity contribution in [3.8, 4) is 5.69 Å². The molecule has 2 fully saturated rings. The van der Waals surface area contributed by atoms with Gasteiger partial charge in [0.1, 0.15) is 5.52 Å². The molecule has 0 unspecified atom stereocenters. The summed E-state index contributed by atoms with van der Waals surface area (Å²) in [7, 11) is 0. The fourth-order valence-corrected chi connectivity index (χ4v) is 4.69. The Balaban J connectivity index is 1.26. The number of nitrogens with zero attached hydrogens (tertiary/aromatic N) is 6. The average molecular weight is 414 g/mol. The lowest BCUT2D eigenvalue weighted by Gasteiger charge is -2.52. The topological polar surface area (TPSA) is 80.3 Å². The number of aryl methyl sites for hydroxylation is 1. The summed E-state index contributed by atoms with van der Waals surface area (Å²) in [5.74, 6) is 0.572. The molecule has 2 aromatic carbocycles. The average Bonchev–Trinajstić information content (AvgIpc) is 3.44. The second-order valence-corrected chi connectivity index (χ2v) is 8.32. The summed E-state index contributed by atoms with van der Waals surface area (Å²) in [5, 5.41) is 8.44. The molecule has 0 aliphatic carbocycles. The largest absolute Gasteiger partial charge is 0.423 e. The van der Waals surface area contributed by atoms with Crippen LogP contribution in [0.15, 0.2) is 59.3 Å². The monoisotopic (exact) mass is 414 g/mol. The first-order valence-corrected chi connectivity index (χ1v) is 10.6. The van der Waals surface area contributed by atoms with E-state index in [0.717, 1.165) is 36.2 Å². The highest BCUT2D eigenvalue weighted by Gasteiger charge is 2.45. The molecule has 4 aromatic rings. The Kier molecular flexibility index (Phi) is 4.05. The van der Waals surface area contributed by atoms with Crippen LogP contribution in [0.4, 0.5) is 6.01 Å². The van der Waals surface area contributed by atoms with E-state index in [4.69, 9.17) is 4.42 Å². The number of fused-ring (bicyclic) bond motifs is 2. The molecule has 2 aromatic heterocycles. The van der Waals surface area contributed by atoms with Gasteiger partial charge in [-0.2, -0.15) is 20.0 Å². The molecule has 8 nitrogen and oxygen atoms in total. The number of carbonyl (C=O) groups excluding carboxylic acids is 1. The highest BCUT2D eigenvalue weighted by molar-refractivity contribution is 5.98. The molecule has 2 atom stereocenters. The van der Waals surface area contributed by atoms with Gasteiger partial charge in [-0.1, -0.05) is 23.8 Å². The third-order valence-electron chi connectivity index (χ3n) is 6.39. The smallest absolute Gasteiger partial charge is 0.298 e. The molecule has 8 heteroatoms. The number of benzene rings is 2. The lowest BCUT2D eigenvalue weighted by molar-refractivity contribution is 0.0583. The first-order chi connectivity index (χ1) is 15.2. The van der Waals surface area contributed by atoms with Crippen LogP contribution in [0.25, 0.3) is 16.8 Å². The van der Waals surface area contributed by atoms with Crippen molar-refractivity contribution < 1.29 is 9.21 Å². The number of hydrogen-bond donors (Lipinski definition) is 0. The van der Waals surface area contributed by atoms with Gasteiger partial charge in [-0.15, -0.1) is 0 Å². The van der Waals surface area contributed by atoms with Crippen molar-refractivity contribution in [1.82, 2.24) is 24.9 Å². The summed E-state index contributed by atoms with van der Waals surface area (Å²) in [4.78, 5) is 23.8. The standard InChI is InChI=1S/C23H22N6O2/c1-15-6-7-19(29-24-9-10-25-29)17(12-15)22(30)27-11-8-16-13-28(20(16)14-27)23-26-18-4-2-3-5-21(18)31-23/h2-7,9-10,12,16,20H,8,11,13-14H2,1H3/t16-,20-/m0/s1. The van der Waals surface area contributed by atoms with Crippen molar-refractivity contribution in [3.05, 3.63) is 66.0 Å². The molecule has 0 bridgehead atoms. The first-order valence-electron chi connectivity index (χ1n) is 10.6. The number of amides is 1. The summed E-state index contributed by atoms with van der Waals surface area (Å²) in [6, 6.07) is 14.5. The maximum atomic E-state index is 13.5. The van der Waals surface area contributed by atoms with E-state index in [9.17, 15) is 4.79 Å². The van der Waals surface area contributed by atoms with Gasteiger partial charge in [0.2, 0.25) is 0 Å². The van der Waals surface area contributed by atoms with Crippen LogP contribution >= 0.6 is 0 Å². The maximum Gasteiger partial charge on any atom is 0.298 e. The number of aromatic nitrogens is 4. The maximum absolute atomic E-state index is 13.5.